The topological polar surface area (TPSA) is 52.9 Å². The Morgan fingerprint density at radius 2 is 2.41 bits per heavy atom. The van der Waals surface area contributed by atoms with E-state index in [-0.39, 0.29) is 17.5 Å². The van der Waals surface area contributed by atoms with Crippen molar-refractivity contribution in [3.63, 3.8) is 0 Å². The molecular weight excluding hydrogens is 232 g/mol. The Bertz CT molecular complexity index is 492. The Kier molecular flexibility index (Phi) is 3.60. The third-order valence-electron chi connectivity index (χ3n) is 2.60. The number of amides is 1. The van der Waals surface area contributed by atoms with Crippen LogP contribution in [0.4, 0.5) is 0 Å². The van der Waals surface area contributed by atoms with Crippen molar-refractivity contribution < 1.29 is 4.79 Å². The highest BCUT2D eigenvalue weighted by molar-refractivity contribution is 7.12. The minimum atomic E-state index is -0.249. The largest absolute Gasteiger partial charge is 0.349 e. The molecule has 1 aromatic heterocycles. The van der Waals surface area contributed by atoms with E-state index in [1.807, 2.05) is 18.2 Å². The zero-order valence-electron chi connectivity index (χ0n) is 9.69. The van der Waals surface area contributed by atoms with Gasteiger partial charge < -0.3 is 5.32 Å². The molecule has 0 spiro atoms. The zero-order valence-corrected chi connectivity index (χ0v) is 10.5. The molecule has 1 fully saturated rings. The summed E-state index contributed by atoms with van der Waals surface area (Å²) in [6.45, 7) is 2.09. The third kappa shape index (κ3) is 3.18. The fourth-order valence-corrected chi connectivity index (χ4v) is 2.34. The van der Waals surface area contributed by atoms with Gasteiger partial charge in [-0.3, -0.25) is 4.79 Å². The molecule has 1 aliphatic rings. The average molecular weight is 246 g/mol. The number of nitrogens with zero attached hydrogens (tertiary/aromatic N) is 1. The van der Waals surface area contributed by atoms with E-state index in [4.69, 9.17) is 5.26 Å². The van der Waals surface area contributed by atoms with Crippen LogP contribution in [-0.4, -0.2) is 11.9 Å². The number of aryl methyl sites for hydroxylation is 1. The summed E-state index contributed by atoms with van der Waals surface area (Å²) in [6, 6.07) is 6.23. The smallest absolute Gasteiger partial charge is 0.262 e. The molecule has 1 saturated carbocycles. The van der Waals surface area contributed by atoms with Gasteiger partial charge in [0, 0.05) is 15.8 Å². The summed E-state index contributed by atoms with van der Waals surface area (Å²) in [4.78, 5) is 13.9. The van der Waals surface area contributed by atoms with Crippen LogP contribution in [0, 0.1) is 11.3 Å². The molecule has 0 bridgehead atoms. The number of rotatable bonds is 4. The molecule has 3 nitrogen and oxygen atoms in total. The van der Waals surface area contributed by atoms with Crippen molar-refractivity contribution in [1.82, 2.24) is 5.32 Å². The van der Waals surface area contributed by atoms with E-state index in [0.717, 1.165) is 24.1 Å². The molecule has 1 aliphatic carbocycles. The van der Waals surface area contributed by atoms with E-state index in [1.54, 1.807) is 17.4 Å². The minimum Gasteiger partial charge on any atom is -0.349 e. The van der Waals surface area contributed by atoms with Gasteiger partial charge in [-0.2, -0.15) is 5.26 Å². The monoisotopic (exact) mass is 246 g/mol. The quantitative estimate of drug-likeness (QED) is 0.655. The number of hydrogen-bond donors (Lipinski definition) is 1. The Balaban J connectivity index is 2.10. The van der Waals surface area contributed by atoms with Gasteiger partial charge >= 0.3 is 0 Å². The summed E-state index contributed by atoms with van der Waals surface area (Å²) >= 11 is 1.62. The summed E-state index contributed by atoms with van der Waals surface area (Å²) in [6.07, 6.45) is 4.71. The molecular formula is C13H14N2OS. The lowest BCUT2D eigenvalue weighted by atomic mass is 10.2. The molecule has 0 unspecified atom stereocenters. The Labute approximate surface area is 105 Å². The van der Waals surface area contributed by atoms with Gasteiger partial charge in [0.15, 0.2) is 0 Å². The van der Waals surface area contributed by atoms with Gasteiger partial charge in [0.25, 0.3) is 5.91 Å². The van der Waals surface area contributed by atoms with Gasteiger partial charge in [-0.15, -0.1) is 11.3 Å². The van der Waals surface area contributed by atoms with Crippen LogP contribution in [0.5, 0.6) is 0 Å². The highest BCUT2D eigenvalue weighted by Crippen LogP contribution is 2.21. The SMILES string of the molecule is CCc1ccc(C=C(C#N)C(=O)NC2CC2)s1. The van der Waals surface area contributed by atoms with Crippen molar-refractivity contribution in [2.24, 2.45) is 0 Å². The Morgan fingerprint density at radius 3 is 2.94 bits per heavy atom. The van der Waals surface area contributed by atoms with Crippen molar-refractivity contribution in [2.75, 3.05) is 0 Å². The second-order valence-electron chi connectivity index (χ2n) is 4.08. The van der Waals surface area contributed by atoms with Crippen molar-refractivity contribution in [3.05, 3.63) is 27.5 Å². The van der Waals surface area contributed by atoms with E-state index >= 15 is 0 Å². The molecule has 4 heteroatoms. The highest BCUT2D eigenvalue weighted by Gasteiger charge is 2.24. The van der Waals surface area contributed by atoms with E-state index in [1.165, 1.54) is 4.88 Å². The zero-order chi connectivity index (χ0) is 12.3. The van der Waals surface area contributed by atoms with Crippen LogP contribution >= 0.6 is 11.3 Å². The minimum absolute atomic E-state index is 0.196. The summed E-state index contributed by atoms with van der Waals surface area (Å²) in [5.74, 6) is -0.249. The fourth-order valence-electron chi connectivity index (χ4n) is 1.44. The van der Waals surface area contributed by atoms with Gasteiger partial charge in [-0.25, -0.2) is 0 Å². The molecule has 0 aliphatic heterocycles. The average Bonchev–Trinajstić information content (AvgIpc) is 3.02. The number of thiophene rings is 1. The number of carbonyl (C=O) groups excluding carboxylic acids is 1. The van der Waals surface area contributed by atoms with Gasteiger partial charge in [0.1, 0.15) is 11.6 Å². The first-order chi connectivity index (χ1) is 8.22. The van der Waals surface area contributed by atoms with E-state index < -0.39 is 0 Å². The Hall–Kier alpha value is -1.60. The first-order valence-corrected chi connectivity index (χ1v) is 6.56. The Morgan fingerprint density at radius 1 is 1.65 bits per heavy atom. The van der Waals surface area contributed by atoms with Crippen LogP contribution in [0.3, 0.4) is 0 Å². The maximum atomic E-state index is 11.7. The lowest BCUT2D eigenvalue weighted by Crippen LogP contribution is -2.26. The van der Waals surface area contributed by atoms with Gasteiger partial charge in [-0.05, 0) is 37.5 Å². The van der Waals surface area contributed by atoms with Gasteiger partial charge in [0.05, 0.1) is 0 Å². The van der Waals surface area contributed by atoms with Crippen LogP contribution in [0.1, 0.15) is 29.5 Å². The van der Waals surface area contributed by atoms with E-state index in [2.05, 4.69) is 12.2 Å². The van der Waals surface area contributed by atoms with Crippen LogP contribution in [-0.2, 0) is 11.2 Å². The summed E-state index contributed by atoms with van der Waals surface area (Å²) in [5.41, 5.74) is 0.196. The van der Waals surface area contributed by atoms with Crippen molar-refractivity contribution in [1.29, 1.82) is 5.26 Å². The predicted molar refractivity (Wildman–Crippen MR) is 68.5 cm³/mol. The first-order valence-electron chi connectivity index (χ1n) is 5.74. The van der Waals surface area contributed by atoms with Crippen LogP contribution in [0.25, 0.3) is 6.08 Å². The van der Waals surface area contributed by atoms with Gasteiger partial charge in [0.2, 0.25) is 0 Å². The second-order valence-corrected chi connectivity index (χ2v) is 5.28. The molecule has 1 heterocycles. The highest BCUT2D eigenvalue weighted by atomic mass is 32.1. The van der Waals surface area contributed by atoms with Crippen LogP contribution in [0.15, 0.2) is 17.7 Å². The summed E-state index contributed by atoms with van der Waals surface area (Å²) in [7, 11) is 0. The number of nitrogens with one attached hydrogen (secondary N) is 1. The third-order valence-corrected chi connectivity index (χ3v) is 3.77. The molecule has 1 amide bonds. The number of hydrogen-bond acceptors (Lipinski definition) is 3. The van der Waals surface area contributed by atoms with E-state index in [9.17, 15) is 4.79 Å². The maximum absolute atomic E-state index is 11.7. The molecule has 0 radical (unpaired) electrons. The summed E-state index contributed by atoms with van der Waals surface area (Å²) in [5, 5.41) is 11.8. The lowest BCUT2D eigenvalue weighted by Gasteiger charge is -2.00. The van der Waals surface area contributed by atoms with Crippen LogP contribution in [0.2, 0.25) is 0 Å². The molecule has 1 aromatic rings. The first kappa shape index (κ1) is 11.9. The van der Waals surface area contributed by atoms with Crippen molar-refractivity contribution in [2.45, 2.75) is 32.2 Å². The fraction of sp³-hybridized carbons (Fsp3) is 0.385. The normalized spacial score (nSPS) is 15.4. The standard InChI is InChI=1S/C13H14N2OS/c1-2-11-5-6-12(17-11)7-9(8-14)13(16)15-10-3-4-10/h5-7,10H,2-4H2,1H3,(H,15,16). The molecule has 88 valence electrons. The molecule has 0 atom stereocenters. The lowest BCUT2D eigenvalue weighted by molar-refractivity contribution is -0.117. The number of carbonyl (C=O) groups is 1. The second kappa shape index (κ2) is 5.15. The van der Waals surface area contributed by atoms with Crippen molar-refractivity contribution in [3.8, 4) is 6.07 Å². The summed E-state index contributed by atoms with van der Waals surface area (Å²) < 4.78 is 0. The number of nitriles is 1. The predicted octanol–water partition coefficient (Wildman–Crippen LogP) is 2.50. The molecule has 0 saturated heterocycles. The van der Waals surface area contributed by atoms with Gasteiger partial charge in [-0.1, -0.05) is 6.92 Å². The van der Waals surface area contributed by atoms with E-state index in [0.29, 0.717) is 0 Å². The molecule has 1 N–H and O–H groups in total. The molecule has 17 heavy (non-hydrogen) atoms. The van der Waals surface area contributed by atoms with Crippen molar-refractivity contribution >= 4 is 23.3 Å². The molecule has 0 aromatic carbocycles. The molecule has 2 rings (SSSR count). The maximum Gasteiger partial charge on any atom is 0.262 e. The van der Waals surface area contributed by atoms with Crippen LogP contribution < -0.4 is 5.32 Å².